The van der Waals surface area contributed by atoms with E-state index in [4.69, 9.17) is 9.47 Å². The van der Waals surface area contributed by atoms with Crippen LogP contribution in [-0.2, 0) is 20.9 Å². The molecule has 0 N–H and O–H groups in total. The highest BCUT2D eigenvalue weighted by Gasteiger charge is 2.27. The molecule has 1 heterocycles. The van der Waals surface area contributed by atoms with E-state index in [9.17, 15) is 9.59 Å². The number of hydrogen-bond acceptors (Lipinski definition) is 5. The van der Waals surface area contributed by atoms with Crippen LogP contribution in [0.1, 0.15) is 18.4 Å². The van der Waals surface area contributed by atoms with E-state index >= 15 is 0 Å². The van der Waals surface area contributed by atoms with Crippen molar-refractivity contribution < 1.29 is 19.1 Å². The van der Waals surface area contributed by atoms with Crippen molar-refractivity contribution in [1.29, 1.82) is 0 Å². The molecule has 0 aliphatic carbocycles. The summed E-state index contributed by atoms with van der Waals surface area (Å²) >= 11 is 1.84. The van der Waals surface area contributed by atoms with Crippen LogP contribution in [-0.4, -0.2) is 36.4 Å². The third kappa shape index (κ3) is 4.87. The smallest absolute Gasteiger partial charge is 0.434 e. The van der Waals surface area contributed by atoms with Crippen LogP contribution in [0.15, 0.2) is 35.3 Å². The van der Waals surface area contributed by atoms with E-state index in [2.05, 4.69) is 4.99 Å². The number of benzene rings is 1. The number of ether oxygens (including phenoxy) is 2. The van der Waals surface area contributed by atoms with E-state index in [1.807, 2.05) is 42.1 Å². The summed E-state index contributed by atoms with van der Waals surface area (Å²) in [4.78, 5) is 27.6. The number of nitrogens with zero attached hydrogens (tertiary/aromatic N) is 1. The van der Waals surface area contributed by atoms with Crippen molar-refractivity contribution in [3.05, 3.63) is 35.9 Å². The molecule has 0 radical (unpaired) electrons. The molecule has 2 rings (SSSR count). The number of thioether (sulfide) groups is 1. The number of aliphatic imine (C=N–C) groups is 1. The Morgan fingerprint density at radius 3 is 2.55 bits per heavy atom. The Kier molecular flexibility index (Phi) is 6.45. The van der Waals surface area contributed by atoms with Gasteiger partial charge in [-0.15, -0.1) is 0 Å². The van der Waals surface area contributed by atoms with Crippen LogP contribution >= 0.6 is 11.8 Å². The third-order valence-electron chi connectivity index (χ3n) is 3.42. The monoisotopic (exact) mass is 321 g/mol. The summed E-state index contributed by atoms with van der Waals surface area (Å²) < 4.78 is 9.85. The maximum absolute atomic E-state index is 11.9. The van der Waals surface area contributed by atoms with Gasteiger partial charge in [-0.05, 0) is 29.9 Å². The van der Waals surface area contributed by atoms with Crippen molar-refractivity contribution in [1.82, 2.24) is 0 Å². The molecule has 22 heavy (non-hydrogen) atoms. The van der Waals surface area contributed by atoms with Gasteiger partial charge in [0.1, 0.15) is 12.3 Å². The molecule has 1 aliphatic rings. The lowest BCUT2D eigenvalue weighted by atomic mass is 9.97. The summed E-state index contributed by atoms with van der Waals surface area (Å²) in [7, 11) is 1.30. The zero-order valence-corrected chi connectivity index (χ0v) is 13.3. The van der Waals surface area contributed by atoms with E-state index in [0.717, 1.165) is 29.9 Å². The zero-order valence-electron chi connectivity index (χ0n) is 12.5. The lowest BCUT2D eigenvalue weighted by molar-refractivity contribution is -0.133. The highest BCUT2D eigenvalue weighted by atomic mass is 32.2. The van der Waals surface area contributed by atoms with Gasteiger partial charge >= 0.3 is 12.1 Å². The molecule has 6 heteroatoms. The second kappa shape index (κ2) is 8.58. The summed E-state index contributed by atoms with van der Waals surface area (Å²) in [6.45, 7) is 0.137. The van der Waals surface area contributed by atoms with Gasteiger partial charge in [-0.3, -0.25) is 0 Å². The van der Waals surface area contributed by atoms with Gasteiger partial charge in [0.05, 0.1) is 7.11 Å². The molecule has 0 spiro atoms. The Bertz CT molecular complexity index is 538. The van der Waals surface area contributed by atoms with E-state index in [-0.39, 0.29) is 18.2 Å². The fourth-order valence-electron chi connectivity index (χ4n) is 2.23. The number of carbonyl (C=O) groups excluding carboxylic acids is 2. The van der Waals surface area contributed by atoms with Crippen LogP contribution in [0.4, 0.5) is 4.79 Å². The number of methoxy groups -OCH3 is 1. The average molecular weight is 321 g/mol. The summed E-state index contributed by atoms with van der Waals surface area (Å²) in [5, 5.41) is 0. The first kappa shape index (κ1) is 16.5. The minimum atomic E-state index is -0.748. The van der Waals surface area contributed by atoms with Crippen LogP contribution in [0.3, 0.4) is 0 Å². The number of rotatable bonds is 4. The average Bonchev–Trinajstić information content (AvgIpc) is 2.59. The molecule has 0 aromatic heterocycles. The molecule has 1 aromatic rings. The quantitative estimate of drug-likeness (QED) is 0.630. The molecule has 5 nitrogen and oxygen atoms in total. The Hall–Kier alpha value is -1.82. The minimum Gasteiger partial charge on any atom is -0.465 e. The maximum atomic E-state index is 11.9. The predicted molar refractivity (Wildman–Crippen MR) is 86.1 cm³/mol. The number of carbonyl (C=O) groups is 2. The van der Waals surface area contributed by atoms with Gasteiger partial charge in [-0.2, -0.15) is 16.8 Å². The Balaban J connectivity index is 2.00. The second-order valence-electron chi connectivity index (χ2n) is 4.92. The summed E-state index contributed by atoms with van der Waals surface area (Å²) in [6.07, 6.45) is 0.900. The van der Waals surface area contributed by atoms with Gasteiger partial charge in [0.25, 0.3) is 0 Å². The molecule has 0 saturated carbocycles. The standard InChI is InChI=1S/C16H19NO4S/c1-20-15(18)14(13-7-9-22-10-8-13)17-16(19)21-11-12-5-3-2-4-6-12/h2-6,13H,7-11H2,1H3. The Labute approximate surface area is 134 Å². The van der Waals surface area contributed by atoms with Gasteiger partial charge in [0.15, 0.2) is 0 Å². The molecule has 1 fully saturated rings. The molecular formula is C16H19NO4S. The maximum Gasteiger partial charge on any atom is 0.434 e. The normalized spacial score (nSPS) is 16.1. The highest BCUT2D eigenvalue weighted by Crippen LogP contribution is 2.24. The Morgan fingerprint density at radius 1 is 1.23 bits per heavy atom. The fraction of sp³-hybridized carbons (Fsp3) is 0.438. The summed E-state index contributed by atoms with van der Waals surface area (Å²) in [6, 6.07) is 9.34. The van der Waals surface area contributed by atoms with Gasteiger partial charge < -0.3 is 9.47 Å². The largest absolute Gasteiger partial charge is 0.465 e. The van der Waals surface area contributed by atoms with Gasteiger partial charge in [0.2, 0.25) is 0 Å². The summed E-state index contributed by atoms with van der Waals surface area (Å²) in [5.74, 6) is 1.34. The molecule has 1 aromatic carbocycles. The number of amides is 1. The Morgan fingerprint density at radius 2 is 1.91 bits per heavy atom. The number of hydrogen-bond donors (Lipinski definition) is 0. The molecule has 0 atom stereocenters. The zero-order chi connectivity index (χ0) is 15.8. The van der Waals surface area contributed by atoms with Gasteiger partial charge in [-0.25, -0.2) is 9.59 Å². The van der Waals surface area contributed by atoms with Gasteiger partial charge in [-0.1, -0.05) is 30.3 Å². The minimum absolute atomic E-state index is 0.0297. The molecule has 0 unspecified atom stereocenters. The lowest BCUT2D eigenvalue weighted by Crippen LogP contribution is -2.29. The molecule has 118 valence electrons. The predicted octanol–water partition coefficient (Wildman–Crippen LogP) is 3.08. The topological polar surface area (TPSA) is 65.0 Å². The fourth-order valence-corrected chi connectivity index (χ4v) is 3.34. The molecule has 1 amide bonds. The van der Waals surface area contributed by atoms with Crippen LogP contribution in [0.5, 0.6) is 0 Å². The lowest BCUT2D eigenvalue weighted by Gasteiger charge is -2.21. The first-order valence-corrected chi connectivity index (χ1v) is 8.31. The van der Waals surface area contributed by atoms with Crippen molar-refractivity contribution in [2.45, 2.75) is 19.4 Å². The second-order valence-corrected chi connectivity index (χ2v) is 6.14. The van der Waals surface area contributed by atoms with Crippen molar-refractivity contribution in [3.63, 3.8) is 0 Å². The first-order valence-electron chi connectivity index (χ1n) is 7.16. The SMILES string of the molecule is COC(=O)C(=NC(=O)OCc1ccccc1)C1CCSCC1. The molecule has 1 saturated heterocycles. The van der Waals surface area contributed by atoms with Gasteiger partial charge in [0, 0.05) is 5.92 Å². The van der Waals surface area contributed by atoms with Crippen LogP contribution in [0.2, 0.25) is 0 Å². The highest BCUT2D eigenvalue weighted by molar-refractivity contribution is 7.99. The molecular weight excluding hydrogens is 302 g/mol. The van der Waals surface area contributed by atoms with Crippen molar-refractivity contribution >= 4 is 29.5 Å². The van der Waals surface area contributed by atoms with Crippen molar-refractivity contribution in [2.24, 2.45) is 10.9 Å². The van der Waals surface area contributed by atoms with Crippen molar-refractivity contribution in [3.8, 4) is 0 Å². The number of esters is 1. The van der Waals surface area contributed by atoms with E-state index < -0.39 is 12.1 Å². The third-order valence-corrected chi connectivity index (χ3v) is 4.47. The van der Waals surface area contributed by atoms with E-state index in [1.54, 1.807) is 0 Å². The van der Waals surface area contributed by atoms with Crippen LogP contribution in [0, 0.1) is 5.92 Å². The van der Waals surface area contributed by atoms with Crippen LogP contribution in [0.25, 0.3) is 0 Å². The molecule has 1 aliphatic heterocycles. The molecule has 0 bridgehead atoms. The van der Waals surface area contributed by atoms with E-state index in [0.29, 0.717) is 0 Å². The summed E-state index contributed by atoms with van der Waals surface area (Å²) in [5.41, 5.74) is 1.06. The first-order chi connectivity index (χ1) is 10.7. The van der Waals surface area contributed by atoms with Crippen molar-refractivity contribution in [2.75, 3.05) is 18.6 Å². The van der Waals surface area contributed by atoms with Crippen LogP contribution < -0.4 is 0 Å². The van der Waals surface area contributed by atoms with E-state index in [1.165, 1.54) is 7.11 Å².